The lowest BCUT2D eigenvalue weighted by atomic mass is 9.90. The van der Waals surface area contributed by atoms with Gasteiger partial charge in [0, 0.05) is 6.54 Å². The van der Waals surface area contributed by atoms with Crippen molar-refractivity contribution < 1.29 is 19.1 Å². The summed E-state index contributed by atoms with van der Waals surface area (Å²) in [4.78, 5) is 25.1. The number of likely N-dealkylation sites (tertiary alicyclic amines) is 1. The molecular formula is C14H15BrFNO3. The number of amides is 1. The molecule has 108 valence electrons. The third-order valence-corrected chi connectivity index (χ3v) is 4.24. The Balaban J connectivity index is 2.35. The van der Waals surface area contributed by atoms with Gasteiger partial charge in [0.15, 0.2) is 0 Å². The molecule has 1 aliphatic heterocycles. The highest BCUT2D eigenvalue weighted by Crippen LogP contribution is 2.27. The molecule has 1 saturated heterocycles. The van der Waals surface area contributed by atoms with Crippen LogP contribution in [-0.2, 0) is 4.79 Å². The predicted molar refractivity (Wildman–Crippen MR) is 75.0 cm³/mol. The monoisotopic (exact) mass is 343 g/mol. The molecule has 0 radical (unpaired) electrons. The number of nitrogens with zero attached hydrogens (tertiary/aromatic N) is 1. The van der Waals surface area contributed by atoms with Crippen molar-refractivity contribution in [2.24, 2.45) is 5.92 Å². The first-order chi connectivity index (χ1) is 9.43. The van der Waals surface area contributed by atoms with Gasteiger partial charge in [-0.05, 0) is 46.8 Å². The molecule has 1 N–H and O–H groups in total. The molecule has 20 heavy (non-hydrogen) atoms. The van der Waals surface area contributed by atoms with Crippen LogP contribution in [0.4, 0.5) is 4.39 Å². The molecule has 0 aromatic heterocycles. The zero-order chi connectivity index (χ0) is 14.9. The SMILES string of the molecule is CC1CCCN(C(=O)c2cccc(Br)c2F)C1C(=O)O. The molecule has 1 heterocycles. The molecule has 2 unspecified atom stereocenters. The van der Waals surface area contributed by atoms with Crippen molar-refractivity contribution in [2.45, 2.75) is 25.8 Å². The molecule has 0 aliphatic carbocycles. The molecule has 1 amide bonds. The lowest BCUT2D eigenvalue weighted by molar-refractivity contribution is -0.145. The molecule has 6 heteroatoms. The number of rotatable bonds is 2. The molecular weight excluding hydrogens is 329 g/mol. The van der Waals surface area contributed by atoms with Crippen LogP contribution in [0.15, 0.2) is 22.7 Å². The first kappa shape index (κ1) is 15.0. The van der Waals surface area contributed by atoms with E-state index in [9.17, 15) is 19.1 Å². The smallest absolute Gasteiger partial charge is 0.326 e. The number of carboxylic acids is 1. The third-order valence-electron chi connectivity index (χ3n) is 3.63. The second kappa shape index (κ2) is 5.91. The summed E-state index contributed by atoms with van der Waals surface area (Å²) in [5.74, 6) is -2.40. The number of benzene rings is 1. The number of aliphatic carboxylic acids is 1. The van der Waals surface area contributed by atoms with E-state index in [-0.39, 0.29) is 16.0 Å². The van der Waals surface area contributed by atoms with Gasteiger partial charge in [0.1, 0.15) is 11.9 Å². The van der Waals surface area contributed by atoms with Gasteiger partial charge in [0.05, 0.1) is 10.0 Å². The lowest BCUT2D eigenvalue weighted by Gasteiger charge is -2.37. The normalized spacial score (nSPS) is 22.6. The summed E-state index contributed by atoms with van der Waals surface area (Å²) < 4.78 is 14.2. The maximum Gasteiger partial charge on any atom is 0.326 e. The van der Waals surface area contributed by atoms with Crippen molar-refractivity contribution in [3.05, 3.63) is 34.1 Å². The van der Waals surface area contributed by atoms with Gasteiger partial charge >= 0.3 is 5.97 Å². The van der Waals surface area contributed by atoms with Crippen LogP contribution in [0.5, 0.6) is 0 Å². The number of carboxylic acid groups (broad SMARTS) is 1. The Kier molecular flexibility index (Phi) is 4.42. The minimum atomic E-state index is -1.04. The van der Waals surface area contributed by atoms with Crippen LogP contribution in [0.1, 0.15) is 30.1 Å². The van der Waals surface area contributed by atoms with E-state index in [1.54, 1.807) is 13.0 Å². The Morgan fingerprint density at radius 3 is 2.80 bits per heavy atom. The average Bonchev–Trinajstić information content (AvgIpc) is 2.40. The maximum atomic E-state index is 14.0. The van der Waals surface area contributed by atoms with E-state index in [4.69, 9.17) is 0 Å². The van der Waals surface area contributed by atoms with Gasteiger partial charge in [0.25, 0.3) is 5.91 Å². The van der Waals surface area contributed by atoms with Crippen LogP contribution in [0.25, 0.3) is 0 Å². The molecule has 0 spiro atoms. The summed E-state index contributed by atoms with van der Waals surface area (Å²) in [5.41, 5.74) is -0.0975. The highest BCUT2D eigenvalue weighted by atomic mass is 79.9. The molecule has 0 saturated carbocycles. The van der Waals surface area contributed by atoms with Crippen LogP contribution in [0, 0.1) is 11.7 Å². The van der Waals surface area contributed by atoms with Crippen molar-refractivity contribution in [1.82, 2.24) is 4.90 Å². The Morgan fingerprint density at radius 2 is 2.15 bits per heavy atom. The minimum Gasteiger partial charge on any atom is -0.480 e. The van der Waals surface area contributed by atoms with Crippen molar-refractivity contribution in [3.63, 3.8) is 0 Å². The number of carbonyl (C=O) groups excluding carboxylic acids is 1. The van der Waals surface area contributed by atoms with Crippen LogP contribution < -0.4 is 0 Å². The highest BCUT2D eigenvalue weighted by molar-refractivity contribution is 9.10. The molecule has 1 aromatic rings. The van der Waals surface area contributed by atoms with Crippen molar-refractivity contribution in [2.75, 3.05) is 6.54 Å². The van der Waals surface area contributed by atoms with E-state index < -0.39 is 23.7 Å². The van der Waals surface area contributed by atoms with Crippen LogP contribution >= 0.6 is 15.9 Å². The lowest BCUT2D eigenvalue weighted by Crippen LogP contribution is -2.52. The fourth-order valence-corrected chi connectivity index (χ4v) is 2.98. The highest BCUT2D eigenvalue weighted by Gasteiger charge is 2.38. The van der Waals surface area contributed by atoms with E-state index in [1.165, 1.54) is 17.0 Å². The fraction of sp³-hybridized carbons (Fsp3) is 0.429. The largest absolute Gasteiger partial charge is 0.480 e. The number of hydrogen-bond acceptors (Lipinski definition) is 2. The van der Waals surface area contributed by atoms with Crippen molar-refractivity contribution >= 4 is 27.8 Å². The number of halogens is 2. The standard InChI is InChI=1S/C14H15BrFNO3/c1-8-4-3-7-17(12(8)14(19)20)13(18)9-5-2-6-10(15)11(9)16/h2,5-6,8,12H,3-4,7H2,1H3,(H,19,20). The number of piperidine rings is 1. The van der Waals surface area contributed by atoms with Gasteiger partial charge in [-0.2, -0.15) is 0 Å². The zero-order valence-electron chi connectivity index (χ0n) is 11.0. The second-order valence-corrected chi connectivity index (χ2v) is 5.86. The first-order valence-electron chi connectivity index (χ1n) is 6.41. The van der Waals surface area contributed by atoms with Gasteiger partial charge in [-0.25, -0.2) is 9.18 Å². The van der Waals surface area contributed by atoms with Crippen LogP contribution in [0.3, 0.4) is 0 Å². The number of carbonyl (C=O) groups is 2. The molecule has 2 atom stereocenters. The summed E-state index contributed by atoms with van der Waals surface area (Å²) in [6.07, 6.45) is 1.48. The molecule has 1 aliphatic rings. The minimum absolute atomic E-state index is 0.0975. The van der Waals surface area contributed by atoms with E-state index in [0.29, 0.717) is 6.54 Å². The Morgan fingerprint density at radius 1 is 1.45 bits per heavy atom. The van der Waals surface area contributed by atoms with Crippen LogP contribution in [0.2, 0.25) is 0 Å². The fourth-order valence-electron chi connectivity index (χ4n) is 2.62. The second-order valence-electron chi connectivity index (χ2n) is 5.00. The molecule has 1 fully saturated rings. The Hall–Kier alpha value is -1.43. The Bertz CT molecular complexity index is 549. The molecule has 2 rings (SSSR count). The maximum absolute atomic E-state index is 14.0. The van der Waals surface area contributed by atoms with Gasteiger partial charge in [-0.1, -0.05) is 13.0 Å². The molecule has 1 aromatic carbocycles. The van der Waals surface area contributed by atoms with E-state index in [2.05, 4.69) is 15.9 Å². The van der Waals surface area contributed by atoms with E-state index in [0.717, 1.165) is 12.8 Å². The van der Waals surface area contributed by atoms with Crippen molar-refractivity contribution in [3.8, 4) is 0 Å². The quantitative estimate of drug-likeness (QED) is 0.898. The topological polar surface area (TPSA) is 57.6 Å². The van der Waals surface area contributed by atoms with E-state index in [1.807, 2.05) is 0 Å². The van der Waals surface area contributed by atoms with Gasteiger partial charge in [-0.3, -0.25) is 4.79 Å². The number of hydrogen-bond donors (Lipinski definition) is 1. The van der Waals surface area contributed by atoms with Gasteiger partial charge in [-0.15, -0.1) is 0 Å². The third kappa shape index (κ3) is 2.70. The van der Waals surface area contributed by atoms with Crippen LogP contribution in [-0.4, -0.2) is 34.5 Å². The first-order valence-corrected chi connectivity index (χ1v) is 7.20. The summed E-state index contributed by atoms with van der Waals surface area (Å²) >= 11 is 3.03. The summed E-state index contributed by atoms with van der Waals surface area (Å²) in [6.45, 7) is 2.14. The summed E-state index contributed by atoms with van der Waals surface area (Å²) in [5, 5.41) is 9.30. The zero-order valence-corrected chi connectivity index (χ0v) is 12.6. The van der Waals surface area contributed by atoms with Gasteiger partial charge in [0.2, 0.25) is 0 Å². The summed E-state index contributed by atoms with van der Waals surface area (Å²) in [6, 6.07) is 3.54. The van der Waals surface area contributed by atoms with Gasteiger partial charge < -0.3 is 10.0 Å². The van der Waals surface area contributed by atoms with Crippen molar-refractivity contribution in [1.29, 1.82) is 0 Å². The average molecular weight is 344 g/mol. The molecule has 0 bridgehead atoms. The predicted octanol–water partition coefficient (Wildman–Crippen LogP) is 2.91. The Labute approximate surface area is 124 Å². The van der Waals surface area contributed by atoms with E-state index >= 15 is 0 Å². The molecule has 4 nitrogen and oxygen atoms in total. The summed E-state index contributed by atoms with van der Waals surface area (Å²) in [7, 11) is 0.